The van der Waals surface area contributed by atoms with E-state index >= 15 is 0 Å². The monoisotopic (exact) mass is 471 g/mol. The number of hydrogen-bond donors (Lipinski definition) is 1. The molecule has 8 heteroatoms. The number of fused-ring (bicyclic) bond motifs is 1. The van der Waals surface area contributed by atoms with Gasteiger partial charge in [-0.2, -0.15) is 5.10 Å². The van der Waals surface area contributed by atoms with Gasteiger partial charge in [-0.3, -0.25) is 9.78 Å². The molecule has 0 spiro atoms. The molecule has 0 bridgehead atoms. The SMILES string of the molecule is COc1ccc(C(=O)N2CCOC[C@H](Cc3cccn4nccc34)C2)cc1NCc1ccncc1. The number of methoxy groups -OCH3 is 1. The Morgan fingerprint density at radius 3 is 2.91 bits per heavy atom. The average molecular weight is 472 g/mol. The van der Waals surface area contributed by atoms with E-state index in [4.69, 9.17) is 9.47 Å². The predicted octanol–water partition coefficient (Wildman–Crippen LogP) is 3.68. The van der Waals surface area contributed by atoms with Crippen LogP contribution in [-0.4, -0.2) is 58.8 Å². The van der Waals surface area contributed by atoms with Crippen LogP contribution in [0.1, 0.15) is 21.5 Å². The second-order valence-corrected chi connectivity index (χ2v) is 8.71. The van der Waals surface area contributed by atoms with E-state index in [-0.39, 0.29) is 11.8 Å². The molecule has 1 N–H and O–H groups in total. The molecule has 1 aromatic carbocycles. The van der Waals surface area contributed by atoms with E-state index in [1.54, 1.807) is 19.5 Å². The zero-order chi connectivity index (χ0) is 24.0. The Morgan fingerprint density at radius 1 is 1.17 bits per heavy atom. The van der Waals surface area contributed by atoms with E-state index in [9.17, 15) is 4.79 Å². The lowest BCUT2D eigenvalue weighted by atomic mass is 9.99. The van der Waals surface area contributed by atoms with Crippen molar-refractivity contribution in [2.45, 2.75) is 13.0 Å². The minimum atomic E-state index is -0.00215. The van der Waals surface area contributed by atoms with Crippen LogP contribution in [0.15, 0.2) is 73.3 Å². The van der Waals surface area contributed by atoms with Crippen molar-refractivity contribution >= 4 is 17.1 Å². The standard InChI is InChI=1S/C27H29N5O3/c1-34-26-5-4-23(16-24(26)29-17-20-6-9-28-10-7-20)27(33)31-13-14-35-19-21(18-31)15-22-3-2-12-32-25(22)8-11-30-32/h2-12,16,21,29H,13-15,17-19H2,1H3/t21-/m1/s1. The van der Waals surface area contributed by atoms with Crippen molar-refractivity contribution in [1.29, 1.82) is 0 Å². The van der Waals surface area contributed by atoms with Gasteiger partial charge >= 0.3 is 0 Å². The highest BCUT2D eigenvalue weighted by molar-refractivity contribution is 5.95. The minimum absolute atomic E-state index is 0.00215. The second-order valence-electron chi connectivity index (χ2n) is 8.71. The minimum Gasteiger partial charge on any atom is -0.495 e. The number of benzene rings is 1. The molecule has 3 aromatic heterocycles. The van der Waals surface area contributed by atoms with Gasteiger partial charge in [-0.1, -0.05) is 6.07 Å². The topological polar surface area (TPSA) is 81.0 Å². The summed E-state index contributed by atoms with van der Waals surface area (Å²) in [5.74, 6) is 0.893. The molecule has 1 aliphatic heterocycles. The lowest BCUT2D eigenvalue weighted by Crippen LogP contribution is -2.36. The highest BCUT2D eigenvalue weighted by Crippen LogP contribution is 2.27. The molecular formula is C27H29N5O3. The first-order valence-corrected chi connectivity index (χ1v) is 11.8. The van der Waals surface area contributed by atoms with E-state index in [1.165, 1.54) is 5.56 Å². The number of hydrogen-bond acceptors (Lipinski definition) is 6. The summed E-state index contributed by atoms with van der Waals surface area (Å²) in [7, 11) is 1.63. The van der Waals surface area contributed by atoms with Gasteiger partial charge in [0.05, 0.1) is 31.5 Å². The Kier molecular flexibility index (Phi) is 6.90. The van der Waals surface area contributed by atoms with Crippen molar-refractivity contribution in [1.82, 2.24) is 19.5 Å². The lowest BCUT2D eigenvalue weighted by Gasteiger charge is -2.24. The smallest absolute Gasteiger partial charge is 0.254 e. The lowest BCUT2D eigenvalue weighted by molar-refractivity contribution is 0.0737. The number of carbonyl (C=O) groups is 1. The first kappa shape index (κ1) is 22.9. The highest BCUT2D eigenvalue weighted by Gasteiger charge is 2.25. The van der Waals surface area contributed by atoms with E-state index in [2.05, 4.69) is 21.5 Å². The zero-order valence-corrected chi connectivity index (χ0v) is 19.8. The van der Waals surface area contributed by atoms with Gasteiger partial charge in [0.15, 0.2) is 0 Å². The van der Waals surface area contributed by atoms with E-state index in [0.717, 1.165) is 23.2 Å². The summed E-state index contributed by atoms with van der Waals surface area (Å²) in [5.41, 5.74) is 4.81. The molecular weight excluding hydrogens is 442 g/mol. The first-order valence-electron chi connectivity index (χ1n) is 11.8. The number of anilines is 1. The van der Waals surface area contributed by atoms with Crippen LogP contribution in [0.4, 0.5) is 5.69 Å². The summed E-state index contributed by atoms with van der Waals surface area (Å²) in [6.45, 7) is 2.97. The van der Waals surface area contributed by atoms with Gasteiger partial charge in [-0.25, -0.2) is 4.52 Å². The third-order valence-electron chi connectivity index (χ3n) is 6.34. The van der Waals surface area contributed by atoms with E-state index in [1.807, 2.05) is 64.3 Å². The van der Waals surface area contributed by atoms with Crippen LogP contribution in [0.5, 0.6) is 5.75 Å². The van der Waals surface area contributed by atoms with Gasteiger partial charge in [0.2, 0.25) is 0 Å². The Bertz CT molecular complexity index is 1290. The maximum atomic E-state index is 13.5. The summed E-state index contributed by atoms with van der Waals surface area (Å²) in [6, 6.07) is 15.6. The molecule has 1 aliphatic rings. The summed E-state index contributed by atoms with van der Waals surface area (Å²) in [6.07, 6.45) is 8.10. The molecule has 0 aliphatic carbocycles. The molecule has 4 heterocycles. The molecule has 0 saturated carbocycles. The van der Waals surface area contributed by atoms with Gasteiger partial charge in [0, 0.05) is 55.9 Å². The molecule has 5 rings (SSSR count). The van der Waals surface area contributed by atoms with E-state index < -0.39 is 0 Å². The average Bonchev–Trinajstić information content (AvgIpc) is 3.27. The van der Waals surface area contributed by atoms with Crippen LogP contribution in [-0.2, 0) is 17.7 Å². The second kappa shape index (κ2) is 10.6. The maximum Gasteiger partial charge on any atom is 0.254 e. The van der Waals surface area contributed by atoms with Crippen LogP contribution in [0.3, 0.4) is 0 Å². The first-order chi connectivity index (χ1) is 17.2. The molecule has 1 amide bonds. The fourth-order valence-electron chi connectivity index (χ4n) is 4.54. The Morgan fingerprint density at radius 2 is 2.06 bits per heavy atom. The number of amides is 1. The molecule has 1 atom stereocenters. The summed E-state index contributed by atoms with van der Waals surface area (Å²) in [5, 5.41) is 7.72. The van der Waals surface area contributed by atoms with Gasteiger partial charge in [0.1, 0.15) is 5.75 Å². The molecule has 1 fully saturated rings. The van der Waals surface area contributed by atoms with Crippen LogP contribution in [0, 0.1) is 5.92 Å². The van der Waals surface area contributed by atoms with Gasteiger partial charge in [-0.05, 0) is 60.0 Å². The Hall–Kier alpha value is -3.91. The van der Waals surface area contributed by atoms with Crippen LogP contribution in [0.25, 0.3) is 5.52 Å². The van der Waals surface area contributed by atoms with Crippen molar-refractivity contribution in [2.75, 3.05) is 38.7 Å². The fraction of sp³-hybridized carbons (Fsp3) is 0.296. The summed E-state index contributed by atoms with van der Waals surface area (Å²) < 4.78 is 13.3. The Labute approximate surface area is 204 Å². The molecule has 0 unspecified atom stereocenters. The number of ether oxygens (including phenoxy) is 2. The molecule has 0 radical (unpaired) electrons. The number of nitrogens with zero attached hydrogens (tertiary/aromatic N) is 4. The van der Waals surface area contributed by atoms with Crippen LogP contribution < -0.4 is 10.1 Å². The summed E-state index contributed by atoms with van der Waals surface area (Å²) >= 11 is 0. The van der Waals surface area contributed by atoms with E-state index in [0.29, 0.717) is 44.2 Å². The Balaban J connectivity index is 1.31. The number of rotatable bonds is 7. The third-order valence-corrected chi connectivity index (χ3v) is 6.34. The number of aromatic nitrogens is 3. The van der Waals surface area contributed by atoms with Crippen LogP contribution in [0.2, 0.25) is 0 Å². The van der Waals surface area contributed by atoms with Gasteiger partial charge in [-0.15, -0.1) is 0 Å². The number of carbonyl (C=O) groups excluding carboxylic acids is 1. The molecule has 4 aromatic rings. The molecule has 8 nitrogen and oxygen atoms in total. The number of pyridine rings is 2. The molecule has 180 valence electrons. The van der Waals surface area contributed by atoms with Crippen molar-refractivity contribution in [2.24, 2.45) is 5.92 Å². The van der Waals surface area contributed by atoms with Gasteiger partial charge < -0.3 is 19.7 Å². The third kappa shape index (κ3) is 5.27. The van der Waals surface area contributed by atoms with Crippen molar-refractivity contribution in [3.05, 3.63) is 90.0 Å². The quantitative estimate of drug-likeness (QED) is 0.443. The predicted molar refractivity (Wildman–Crippen MR) is 134 cm³/mol. The van der Waals surface area contributed by atoms with Crippen molar-refractivity contribution in [3.63, 3.8) is 0 Å². The van der Waals surface area contributed by atoms with Crippen molar-refractivity contribution in [3.8, 4) is 5.75 Å². The van der Waals surface area contributed by atoms with Gasteiger partial charge in [0.25, 0.3) is 5.91 Å². The molecule has 35 heavy (non-hydrogen) atoms. The fourth-order valence-corrected chi connectivity index (χ4v) is 4.54. The highest BCUT2D eigenvalue weighted by atomic mass is 16.5. The zero-order valence-electron chi connectivity index (χ0n) is 19.8. The normalized spacial score (nSPS) is 16.1. The number of nitrogens with one attached hydrogen (secondary N) is 1. The largest absolute Gasteiger partial charge is 0.495 e. The summed E-state index contributed by atoms with van der Waals surface area (Å²) in [4.78, 5) is 19.5. The molecule has 1 saturated heterocycles. The maximum absolute atomic E-state index is 13.5. The van der Waals surface area contributed by atoms with Crippen molar-refractivity contribution < 1.29 is 14.3 Å². The van der Waals surface area contributed by atoms with Crippen LogP contribution >= 0.6 is 0 Å².